The van der Waals surface area contributed by atoms with Crippen molar-refractivity contribution in [3.63, 3.8) is 0 Å². The van der Waals surface area contributed by atoms with Crippen LogP contribution in [0.5, 0.6) is 0 Å². The average Bonchev–Trinajstić information content (AvgIpc) is 2.44. The Morgan fingerprint density at radius 2 is 1.84 bits per heavy atom. The van der Waals surface area contributed by atoms with E-state index in [1.165, 1.54) is 7.11 Å². The maximum Gasteiger partial charge on any atom is 0.186 e. The van der Waals surface area contributed by atoms with Crippen molar-refractivity contribution in [2.24, 2.45) is 0 Å². The standard InChI is InChI=1S/C14H20O5/c1-9-11(15)12(16)13(14(17-2)19-9)18-8-10-6-4-3-5-7-10/h3-7,9,11-16H,8H2,1-2H3/t9-,11-,12+,13+,14+/m0/s1. The summed E-state index contributed by atoms with van der Waals surface area (Å²) in [6.45, 7) is 2.01. The Labute approximate surface area is 112 Å². The minimum absolute atomic E-state index is 0.326. The highest BCUT2D eigenvalue weighted by atomic mass is 16.7. The first-order valence-corrected chi connectivity index (χ1v) is 6.33. The Bertz CT molecular complexity index is 381. The monoisotopic (exact) mass is 268 g/mol. The van der Waals surface area contributed by atoms with Crippen LogP contribution in [0, 0.1) is 0 Å². The Morgan fingerprint density at radius 3 is 2.47 bits per heavy atom. The van der Waals surface area contributed by atoms with E-state index >= 15 is 0 Å². The molecule has 0 amide bonds. The number of rotatable bonds is 4. The van der Waals surface area contributed by atoms with Crippen LogP contribution < -0.4 is 0 Å². The lowest BCUT2D eigenvalue weighted by atomic mass is 10.00. The molecule has 5 atom stereocenters. The number of benzene rings is 1. The highest BCUT2D eigenvalue weighted by Gasteiger charge is 2.43. The van der Waals surface area contributed by atoms with Gasteiger partial charge in [-0.3, -0.25) is 0 Å². The molecule has 1 aromatic rings. The molecular weight excluding hydrogens is 248 g/mol. The van der Waals surface area contributed by atoms with Gasteiger partial charge < -0.3 is 24.4 Å². The van der Waals surface area contributed by atoms with Crippen molar-refractivity contribution in [2.75, 3.05) is 7.11 Å². The first-order valence-electron chi connectivity index (χ1n) is 6.33. The lowest BCUT2D eigenvalue weighted by Crippen LogP contribution is -2.58. The van der Waals surface area contributed by atoms with Crippen LogP contribution in [0.2, 0.25) is 0 Å². The maximum atomic E-state index is 10.1. The number of aliphatic hydroxyl groups is 2. The molecule has 0 spiro atoms. The predicted molar refractivity (Wildman–Crippen MR) is 68.4 cm³/mol. The van der Waals surface area contributed by atoms with Crippen molar-refractivity contribution >= 4 is 0 Å². The molecule has 0 unspecified atom stereocenters. The molecule has 0 radical (unpaired) electrons. The molecule has 2 rings (SSSR count). The van der Waals surface area contributed by atoms with Crippen LogP contribution in [0.4, 0.5) is 0 Å². The lowest BCUT2D eigenvalue weighted by Gasteiger charge is -2.40. The highest BCUT2D eigenvalue weighted by molar-refractivity contribution is 5.13. The molecule has 106 valence electrons. The van der Waals surface area contributed by atoms with Gasteiger partial charge in [0.2, 0.25) is 0 Å². The molecule has 1 fully saturated rings. The molecule has 1 aliphatic heterocycles. The normalized spacial score (nSPS) is 35.3. The number of methoxy groups -OCH3 is 1. The SMILES string of the molecule is CO[C@@H]1O[C@@H](C)[C@H](O)[C@@H](O)[C@H]1OCc1ccccc1. The summed E-state index contributed by atoms with van der Waals surface area (Å²) in [4.78, 5) is 0. The second-order valence-corrected chi connectivity index (χ2v) is 4.69. The minimum atomic E-state index is -1.03. The second-order valence-electron chi connectivity index (χ2n) is 4.69. The van der Waals surface area contributed by atoms with E-state index in [0.717, 1.165) is 5.56 Å². The zero-order chi connectivity index (χ0) is 13.8. The molecule has 19 heavy (non-hydrogen) atoms. The zero-order valence-corrected chi connectivity index (χ0v) is 11.1. The van der Waals surface area contributed by atoms with Gasteiger partial charge in [0.25, 0.3) is 0 Å². The molecule has 1 heterocycles. The van der Waals surface area contributed by atoms with Gasteiger partial charge in [0, 0.05) is 7.11 Å². The van der Waals surface area contributed by atoms with Crippen molar-refractivity contribution in [3.05, 3.63) is 35.9 Å². The molecule has 2 N–H and O–H groups in total. The molecule has 0 aromatic heterocycles. The summed E-state index contributed by atoms with van der Waals surface area (Å²) in [5, 5.41) is 19.9. The van der Waals surface area contributed by atoms with E-state index in [1.54, 1.807) is 6.92 Å². The van der Waals surface area contributed by atoms with E-state index in [4.69, 9.17) is 14.2 Å². The van der Waals surface area contributed by atoms with E-state index in [-0.39, 0.29) is 0 Å². The molecule has 0 bridgehead atoms. The molecule has 1 aliphatic rings. The topological polar surface area (TPSA) is 68.2 Å². The second kappa shape index (κ2) is 6.45. The number of hydrogen-bond acceptors (Lipinski definition) is 5. The Morgan fingerprint density at radius 1 is 1.16 bits per heavy atom. The molecule has 0 aliphatic carbocycles. The Kier molecular flexibility index (Phi) is 4.90. The molecule has 1 saturated heterocycles. The number of aliphatic hydroxyl groups excluding tert-OH is 2. The summed E-state index contributed by atoms with van der Waals surface area (Å²) in [6, 6.07) is 9.60. The van der Waals surface area contributed by atoms with Gasteiger partial charge >= 0.3 is 0 Å². The van der Waals surface area contributed by atoms with Gasteiger partial charge in [0.15, 0.2) is 6.29 Å². The van der Waals surface area contributed by atoms with Gasteiger partial charge in [-0.15, -0.1) is 0 Å². The quantitative estimate of drug-likeness (QED) is 0.840. The van der Waals surface area contributed by atoms with Crippen molar-refractivity contribution < 1.29 is 24.4 Å². The molecule has 5 nitrogen and oxygen atoms in total. The van der Waals surface area contributed by atoms with Gasteiger partial charge in [-0.05, 0) is 12.5 Å². The summed E-state index contributed by atoms with van der Waals surface area (Å²) >= 11 is 0. The van der Waals surface area contributed by atoms with Crippen LogP contribution in [0.25, 0.3) is 0 Å². The van der Waals surface area contributed by atoms with Gasteiger partial charge in [0.05, 0.1) is 12.7 Å². The lowest BCUT2D eigenvalue weighted by molar-refractivity contribution is -0.298. The third kappa shape index (κ3) is 3.32. The third-order valence-corrected chi connectivity index (χ3v) is 3.30. The van der Waals surface area contributed by atoms with Crippen molar-refractivity contribution in [3.8, 4) is 0 Å². The van der Waals surface area contributed by atoms with E-state index in [9.17, 15) is 10.2 Å². The fourth-order valence-electron chi connectivity index (χ4n) is 2.14. The van der Waals surface area contributed by atoms with Crippen LogP contribution in [0.1, 0.15) is 12.5 Å². The van der Waals surface area contributed by atoms with Crippen molar-refractivity contribution in [1.82, 2.24) is 0 Å². The average molecular weight is 268 g/mol. The van der Waals surface area contributed by atoms with Gasteiger partial charge in [-0.2, -0.15) is 0 Å². The summed E-state index contributed by atoms with van der Waals surface area (Å²) in [7, 11) is 1.49. The minimum Gasteiger partial charge on any atom is -0.388 e. The predicted octanol–water partition coefficient (Wildman–Crippen LogP) is 0.685. The Hall–Kier alpha value is -0.980. The summed E-state index contributed by atoms with van der Waals surface area (Å²) in [5.41, 5.74) is 0.984. The molecular formula is C14H20O5. The molecule has 5 heteroatoms. The number of hydrogen-bond donors (Lipinski definition) is 2. The third-order valence-electron chi connectivity index (χ3n) is 3.30. The summed E-state index contributed by atoms with van der Waals surface area (Å²) in [5.74, 6) is 0. The van der Waals surface area contributed by atoms with E-state index in [2.05, 4.69) is 0 Å². The summed E-state index contributed by atoms with van der Waals surface area (Å²) < 4.78 is 16.3. The maximum absolute atomic E-state index is 10.1. The summed E-state index contributed by atoms with van der Waals surface area (Å²) in [6.07, 6.45) is -3.89. The van der Waals surface area contributed by atoms with Crippen LogP contribution >= 0.6 is 0 Å². The zero-order valence-electron chi connectivity index (χ0n) is 11.1. The first kappa shape index (κ1) is 14.4. The van der Waals surface area contributed by atoms with Crippen LogP contribution in [0.3, 0.4) is 0 Å². The molecule has 1 aromatic carbocycles. The Balaban J connectivity index is 2.00. The first-order chi connectivity index (χ1) is 9.13. The van der Waals surface area contributed by atoms with Crippen molar-refractivity contribution in [2.45, 2.75) is 44.2 Å². The van der Waals surface area contributed by atoms with Gasteiger partial charge in [-0.25, -0.2) is 0 Å². The van der Waals surface area contributed by atoms with Crippen molar-refractivity contribution in [1.29, 1.82) is 0 Å². The fraction of sp³-hybridized carbons (Fsp3) is 0.571. The van der Waals surface area contributed by atoms with Crippen LogP contribution in [0.15, 0.2) is 30.3 Å². The van der Waals surface area contributed by atoms with Gasteiger partial charge in [-0.1, -0.05) is 30.3 Å². The number of ether oxygens (including phenoxy) is 3. The molecule has 0 saturated carbocycles. The highest BCUT2D eigenvalue weighted by Crippen LogP contribution is 2.24. The fourth-order valence-corrected chi connectivity index (χ4v) is 2.14. The van der Waals surface area contributed by atoms with E-state index < -0.39 is 30.7 Å². The van der Waals surface area contributed by atoms with Crippen LogP contribution in [-0.4, -0.2) is 48.0 Å². The smallest absolute Gasteiger partial charge is 0.186 e. The van der Waals surface area contributed by atoms with E-state index in [1.807, 2.05) is 30.3 Å². The van der Waals surface area contributed by atoms with E-state index in [0.29, 0.717) is 6.61 Å². The van der Waals surface area contributed by atoms with Gasteiger partial charge in [0.1, 0.15) is 18.3 Å². The largest absolute Gasteiger partial charge is 0.388 e. The van der Waals surface area contributed by atoms with Crippen LogP contribution in [-0.2, 0) is 20.8 Å².